The lowest BCUT2D eigenvalue weighted by Gasteiger charge is -2.18. The Balaban J connectivity index is 2.22. The standard InChI is InChI=1S/C14H16ClNO/c1-3-12(14-8-5-9-17-14)16-13-7-4-6-11(15)10(13)2/h4-9,12,16H,3H2,1-2H3. The average molecular weight is 250 g/mol. The number of furan rings is 1. The van der Waals surface area contributed by atoms with Gasteiger partial charge in [0.1, 0.15) is 5.76 Å². The first-order valence-corrected chi connectivity index (χ1v) is 6.15. The molecule has 2 nitrogen and oxygen atoms in total. The molecule has 1 N–H and O–H groups in total. The molecule has 0 radical (unpaired) electrons. The second-order valence-corrected chi connectivity index (χ2v) is 4.44. The molecule has 0 aliphatic rings. The van der Waals surface area contributed by atoms with Crippen molar-refractivity contribution < 1.29 is 4.42 Å². The average Bonchev–Trinajstić information content (AvgIpc) is 2.85. The molecule has 0 bridgehead atoms. The zero-order chi connectivity index (χ0) is 12.3. The Morgan fingerprint density at radius 2 is 2.12 bits per heavy atom. The van der Waals surface area contributed by atoms with Crippen LogP contribution in [-0.2, 0) is 0 Å². The van der Waals surface area contributed by atoms with Gasteiger partial charge in [0.15, 0.2) is 0 Å². The second-order valence-electron chi connectivity index (χ2n) is 4.03. The molecule has 2 rings (SSSR count). The van der Waals surface area contributed by atoms with Crippen LogP contribution in [-0.4, -0.2) is 0 Å². The summed E-state index contributed by atoms with van der Waals surface area (Å²) in [5, 5.41) is 4.24. The van der Waals surface area contributed by atoms with Gasteiger partial charge < -0.3 is 9.73 Å². The van der Waals surface area contributed by atoms with E-state index >= 15 is 0 Å². The van der Waals surface area contributed by atoms with E-state index in [9.17, 15) is 0 Å². The van der Waals surface area contributed by atoms with Gasteiger partial charge in [-0.15, -0.1) is 0 Å². The fraction of sp³-hybridized carbons (Fsp3) is 0.286. The summed E-state index contributed by atoms with van der Waals surface area (Å²) < 4.78 is 5.43. The minimum atomic E-state index is 0.183. The van der Waals surface area contributed by atoms with Crippen molar-refractivity contribution in [3.8, 4) is 0 Å². The minimum Gasteiger partial charge on any atom is -0.467 e. The molecule has 1 aromatic carbocycles. The molecule has 0 fully saturated rings. The van der Waals surface area contributed by atoms with Gasteiger partial charge in [-0.2, -0.15) is 0 Å². The topological polar surface area (TPSA) is 25.2 Å². The highest BCUT2D eigenvalue weighted by Crippen LogP contribution is 2.28. The highest BCUT2D eigenvalue weighted by molar-refractivity contribution is 6.31. The van der Waals surface area contributed by atoms with Crippen molar-refractivity contribution in [1.29, 1.82) is 0 Å². The van der Waals surface area contributed by atoms with Crippen LogP contribution in [0.5, 0.6) is 0 Å². The summed E-state index contributed by atoms with van der Waals surface area (Å²) in [5.74, 6) is 0.951. The molecule has 1 atom stereocenters. The van der Waals surface area contributed by atoms with Crippen LogP contribution in [0.15, 0.2) is 41.0 Å². The van der Waals surface area contributed by atoms with Crippen molar-refractivity contribution >= 4 is 17.3 Å². The maximum Gasteiger partial charge on any atom is 0.125 e. The molecule has 3 heteroatoms. The molecule has 0 spiro atoms. The molecule has 90 valence electrons. The molecule has 0 saturated heterocycles. The third-order valence-electron chi connectivity index (χ3n) is 2.89. The van der Waals surface area contributed by atoms with Crippen molar-refractivity contribution in [2.75, 3.05) is 5.32 Å². The SMILES string of the molecule is CCC(Nc1cccc(Cl)c1C)c1ccco1. The molecule has 1 heterocycles. The van der Waals surface area contributed by atoms with Crippen molar-refractivity contribution in [3.05, 3.63) is 52.9 Å². The van der Waals surface area contributed by atoms with Gasteiger partial charge in [0.05, 0.1) is 12.3 Å². The van der Waals surface area contributed by atoms with Crippen LogP contribution >= 0.6 is 11.6 Å². The summed E-state index contributed by atoms with van der Waals surface area (Å²) in [6.45, 7) is 4.14. The second kappa shape index (κ2) is 5.28. The Bertz CT molecular complexity index is 479. The highest BCUT2D eigenvalue weighted by atomic mass is 35.5. The van der Waals surface area contributed by atoms with Gasteiger partial charge in [-0.3, -0.25) is 0 Å². The van der Waals surface area contributed by atoms with E-state index in [-0.39, 0.29) is 6.04 Å². The molecule has 17 heavy (non-hydrogen) atoms. The minimum absolute atomic E-state index is 0.183. The predicted octanol–water partition coefficient (Wildman–Crippen LogP) is 4.80. The smallest absolute Gasteiger partial charge is 0.125 e. The lowest BCUT2D eigenvalue weighted by Crippen LogP contribution is -2.09. The van der Waals surface area contributed by atoms with Gasteiger partial charge in [0, 0.05) is 10.7 Å². The van der Waals surface area contributed by atoms with E-state index in [1.807, 2.05) is 37.3 Å². The van der Waals surface area contributed by atoms with E-state index in [0.29, 0.717) is 0 Å². The van der Waals surface area contributed by atoms with E-state index < -0.39 is 0 Å². The first kappa shape index (κ1) is 12.1. The molecule has 1 unspecified atom stereocenters. The van der Waals surface area contributed by atoms with Crippen molar-refractivity contribution in [2.45, 2.75) is 26.3 Å². The van der Waals surface area contributed by atoms with Gasteiger partial charge in [-0.05, 0) is 43.2 Å². The van der Waals surface area contributed by atoms with Crippen LogP contribution in [0.1, 0.15) is 30.7 Å². The van der Waals surface area contributed by atoms with E-state index in [1.54, 1.807) is 6.26 Å². The molecule has 0 aliphatic carbocycles. The summed E-state index contributed by atoms with van der Waals surface area (Å²) in [6, 6.07) is 9.96. The number of hydrogen-bond acceptors (Lipinski definition) is 2. The summed E-state index contributed by atoms with van der Waals surface area (Å²) in [4.78, 5) is 0. The van der Waals surface area contributed by atoms with Crippen LogP contribution in [0.25, 0.3) is 0 Å². The largest absolute Gasteiger partial charge is 0.467 e. The first-order valence-electron chi connectivity index (χ1n) is 5.77. The van der Waals surface area contributed by atoms with Crippen LogP contribution in [0.2, 0.25) is 5.02 Å². The molecular formula is C14H16ClNO. The van der Waals surface area contributed by atoms with E-state index in [4.69, 9.17) is 16.0 Å². The van der Waals surface area contributed by atoms with Gasteiger partial charge in [0.2, 0.25) is 0 Å². The van der Waals surface area contributed by atoms with E-state index in [1.165, 1.54) is 0 Å². The predicted molar refractivity (Wildman–Crippen MR) is 71.6 cm³/mol. The van der Waals surface area contributed by atoms with Crippen molar-refractivity contribution in [2.24, 2.45) is 0 Å². The van der Waals surface area contributed by atoms with Crippen molar-refractivity contribution in [1.82, 2.24) is 0 Å². The summed E-state index contributed by atoms with van der Waals surface area (Å²) in [7, 11) is 0. The van der Waals surface area contributed by atoms with Crippen molar-refractivity contribution in [3.63, 3.8) is 0 Å². The number of benzene rings is 1. The zero-order valence-electron chi connectivity index (χ0n) is 10.0. The maximum absolute atomic E-state index is 6.10. The number of rotatable bonds is 4. The van der Waals surface area contributed by atoms with E-state index in [2.05, 4.69) is 12.2 Å². The Labute approximate surface area is 107 Å². The Kier molecular flexibility index (Phi) is 3.75. The lowest BCUT2D eigenvalue weighted by atomic mass is 10.1. The highest BCUT2D eigenvalue weighted by Gasteiger charge is 2.13. The third kappa shape index (κ3) is 2.64. The molecule has 1 aromatic heterocycles. The van der Waals surface area contributed by atoms with Crippen LogP contribution in [0.3, 0.4) is 0 Å². The first-order chi connectivity index (χ1) is 8.22. The molecule has 0 amide bonds. The Morgan fingerprint density at radius 3 is 2.76 bits per heavy atom. The van der Waals surface area contributed by atoms with Gasteiger partial charge in [0.25, 0.3) is 0 Å². The molecule has 2 aromatic rings. The summed E-state index contributed by atoms with van der Waals surface area (Å²) in [6.07, 6.45) is 2.66. The van der Waals surface area contributed by atoms with Gasteiger partial charge >= 0.3 is 0 Å². The third-order valence-corrected chi connectivity index (χ3v) is 3.30. The number of hydrogen-bond donors (Lipinski definition) is 1. The summed E-state index contributed by atoms with van der Waals surface area (Å²) >= 11 is 6.10. The number of halogens is 1. The van der Waals surface area contributed by atoms with E-state index in [0.717, 1.165) is 28.5 Å². The summed E-state index contributed by atoms with van der Waals surface area (Å²) in [5.41, 5.74) is 2.12. The lowest BCUT2D eigenvalue weighted by molar-refractivity contribution is 0.474. The van der Waals surface area contributed by atoms with Gasteiger partial charge in [-0.25, -0.2) is 0 Å². The monoisotopic (exact) mass is 249 g/mol. The molecule has 0 saturated carbocycles. The molecular weight excluding hydrogens is 234 g/mol. The fourth-order valence-corrected chi connectivity index (χ4v) is 1.99. The van der Waals surface area contributed by atoms with Crippen LogP contribution < -0.4 is 5.32 Å². The Hall–Kier alpha value is -1.41. The van der Waals surface area contributed by atoms with Crippen LogP contribution in [0, 0.1) is 6.92 Å². The normalized spacial score (nSPS) is 12.4. The maximum atomic E-state index is 6.10. The van der Waals surface area contributed by atoms with Crippen LogP contribution in [0.4, 0.5) is 5.69 Å². The Morgan fingerprint density at radius 1 is 1.29 bits per heavy atom. The number of anilines is 1. The van der Waals surface area contributed by atoms with Gasteiger partial charge in [-0.1, -0.05) is 24.6 Å². The molecule has 0 aliphatic heterocycles. The number of nitrogens with one attached hydrogen (secondary N) is 1. The fourth-order valence-electron chi connectivity index (χ4n) is 1.82. The quantitative estimate of drug-likeness (QED) is 0.842. The zero-order valence-corrected chi connectivity index (χ0v) is 10.8.